The molecule has 4 rings (SSSR count). The quantitative estimate of drug-likeness (QED) is 0.295. The number of nitrogen functional groups attached to an aromatic ring is 1. The standard InChI is InChI=1S/C29H34ClN5O5/c1-18-7-3-8-19(15-18)24-22(10-4-11-23(24)30)29(39,12-6-13-32-28(38)40-2)20-9-5-14-35(17-20)26(37)21-16-33-27(31)34-25(21)36/h3-4,7-8,10-11,15-16,20,39H,5-6,9,12-14,17H2,1-2H3,(H,32,38)(H3,31,33,34,36)/t20-,29+/m1/s1. The summed E-state index contributed by atoms with van der Waals surface area (Å²) in [5.41, 5.74) is 7.38. The predicted molar refractivity (Wildman–Crippen MR) is 152 cm³/mol. The Morgan fingerprint density at radius 2 is 2.05 bits per heavy atom. The number of amides is 2. The van der Waals surface area contributed by atoms with Crippen LogP contribution in [0.2, 0.25) is 5.02 Å². The summed E-state index contributed by atoms with van der Waals surface area (Å²) < 4.78 is 4.67. The molecule has 0 aliphatic carbocycles. The topological polar surface area (TPSA) is 151 Å². The van der Waals surface area contributed by atoms with E-state index in [1.54, 1.807) is 11.0 Å². The van der Waals surface area contributed by atoms with Gasteiger partial charge in [-0.3, -0.25) is 4.79 Å². The lowest BCUT2D eigenvalue weighted by molar-refractivity contribution is -0.0563. The molecule has 10 nitrogen and oxygen atoms in total. The van der Waals surface area contributed by atoms with Crippen molar-refractivity contribution < 1.29 is 24.5 Å². The SMILES string of the molecule is COC(=O)NCCC[C@@](O)(c1cccc(Cl)c1-c1cccc(C)c1)[C@@H]1CCCN(C(=O)c2cnc(N)nc2O)C1. The second-order valence-electron chi connectivity index (χ2n) is 10.0. The van der Waals surface area contributed by atoms with Gasteiger partial charge >= 0.3 is 6.09 Å². The van der Waals surface area contributed by atoms with E-state index in [9.17, 15) is 19.8 Å². The third kappa shape index (κ3) is 6.29. The first-order chi connectivity index (χ1) is 19.1. The van der Waals surface area contributed by atoms with Crippen LogP contribution in [0.1, 0.15) is 47.2 Å². The average molecular weight is 568 g/mol. The molecule has 0 unspecified atom stereocenters. The fourth-order valence-corrected chi connectivity index (χ4v) is 5.70. The van der Waals surface area contributed by atoms with Crippen LogP contribution in [0.25, 0.3) is 11.1 Å². The molecule has 1 aliphatic rings. The zero-order chi connectivity index (χ0) is 28.9. The van der Waals surface area contributed by atoms with Crippen LogP contribution in [0.5, 0.6) is 5.88 Å². The van der Waals surface area contributed by atoms with Gasteiger partial charge in [-0.2, -0.15) is 4.98 Å². The maximum absolute atomic E-state index is 13.4. The summed E-state index contributed by atoms with van der Waals surface area (Å²) in [5.74, 6) is -1.44. The number of aromatic hydroxyl groups is 1. The highest BCUT2D eigenvalue weighted by Crippen LogP contribution is 2.45. The zero-order valence-corrected chi connectivity index (χ0v) is 23.3. The number of aliphatic hydroxyl groups is 1. The van der Waals surface area contributed by atoms with Crippen molar-refractivity contribution in [3.8, 4) is 17.0 Å². The molecule has 1 saturated heterocycles. The van der Waals surface area contributed by atoms with Crippen molar-refractivity contribution in [1.82, 2.24) is 20.2 Å². The molecule has 0 bridgehead atoms. The van der Waals surface area contributed by atoms with E-state index in [4.69, 9.17) is 17.3 Å². The van der Waals surface area contributed by atoms with Crippen molar-refractivity contribution in [2.24, 2.45) is 5.92 Å². The van der Waals surface area contributed by atoms with Crippen LogP contribution >= 0.6 is 11.6 Å². The highest BCUT2D eigenvalue weighted by Gasteiger charge is 2.43. The summed E-state index contributed by atoms with van der Waals surface area (Å²) >= 11 is 6.77. The van der Waals surface area contributed by atoms with Crippen molar-refractivity contribution in [2.45, 2.75) is 38.2 Å². The Labute approximate surface area is 238 Å². The molecule has 1 aromatic heterocycles. The molecule has 2 amide bonds. The number of benzene rings is 2. The first-order valence-corrected chi connectivity index (χ1v) is 13.5. The third-order valence-electron chi connectivity index (χ3n) is 7.38. The Morgan fingerprint density at radius 3 is 2.77 bits per heavy atom. The Morgan fingerprint density at radius 1 is 1.27 bits per heavy atom. The van der Waals surface area contributed by atoms with E-state index in [2.05, 4.69) is 20.0 Å². The second kappa shape index (κ2) is 12.5. The van der Waals surface area contributed by atoms with Crippen LogP contribution < -0.4 is 11.1 Å². The van der Waals surface area contributed by atoms with Gasteiger partial charge in [0.15, 0.2) is 0 Å². The fraction of sp³-hybridized carbons (Fsp3) is 0.379. The minimum atomic E-state index is -1.40. The molecule has 0 spiro atoms. The maximum Gasteiger partial charge on any atom is 0.406 e. The molecule has 212 valence electrons. The van der Waals surface area contributed by atoms with Gasteiger partial charge in [-0.1, -0.05) is 53.6 Å². The number of hydrogen-bond acceptors (Lipinski definition) is 8. The largest absolute Gasteiger partial charge is 0.493 e. The van der Waals surface area contributed by atoms with E-state index < -0.39 is 23.5 Å². The molecule has 2 heterocycles. The Kier molecular flexibility index (Phi) is 9.11. The average Bonchev–Trinajstić information content (AvgIpc) is 2.94. The number of piperidine rings is 1. The first-order valence-electron chi connectivity index (χ1n) is 13.1. The number of halogens is 1. The van der Waals surface area contributed by atoms with Crippen molar-refractivity contribution in [3.05, 3.63) is 70.4 Å². The van der Waals surface area contributed by atoms with E-state index in [0.717, 1.165) is 16.7 Å². The molecule has 3 aromatic rings. The van der Waals surface area contributed by atoms with E-state index in [1.807, 2.05) is 43.3 Å². The van der Waals surface area contributed by atoms with Gasteiger partial charge in [0.2, 0.25) is 11.8 Å². The van der Waals surface area contributed by atoms with Gasteiger partial charge < -0.3 is 30.9 Å². The monoisotopic (exact) mass is 567 g/mol. The summed E-state index contributed by atoms with van der Waals surface area (Å²) in [6.07, 6.45) is 2.68. The number of methoxy groups -OCH3 is 1. The molecular weight excluding hydrogens is 534 g/mol. The van der Waals surface area contributed by atoms with Gasteiger partial charge in [-0.05, 0) is 49.8 Å². The number of hydrogen-bond donors (Lipinski definition) is 4. The molecule has 5 N–H and O–H groups in total. The number of aryl methyl sites for hydroxylation is 1. The van der Waals surface area contributed by atoms with Crippen molar-refractivity contribution >= 4 is 29.5 Å². The summed E-state index contributed by atoms with van der Waals surface area (Å²) in [6.45, 7) is 2.95. The van der Waals surface area contributed by atoms with Gasteiger partial charge in [0.25, 0.3) is 5.91 Å². The normalized spacial score (nSPS) is 16.7. The van der Waals surface area contributed by atoms with Crippen LogP contribution in [0, 0.1) is 12.8 Å². The minimum absolute atomic E-state index is 0.0520. The third-order valence-corrected chi connectivity index (χ3v) is 7.69. The molecule has 1 aliphatic heterocycles. The highest BCUT2D eigenvalue weighted by atomic mass is 35.5. The van der Waals surface area contributed by atoms with Crippen LogP contribution in [0.15, 0.2) is 48.7 Å². The Hall–Kier alpha value is -3.89. The molecule has 2 atom stereocenters. The van der Waals surface area contributed by atoms with E-state index >= 15 is 0 Å². The van der Waals surface area contributed by atoms with Crippen LogP contribution in [0.4, 0.5) is 10.7 Å². The van der Waals surface area contributed by atoms with Crippen LogP contribution in [-0.2, 0) is 10.3 Å². The molecule has 2 aromatic carbocycles. The lowest BCUT2D eigenvalue weighted by Gasteiger charge is -2.43. The molecule has 0 saturated carbocycles. The molecule has 0 radical (unpaired) electrons. The number of carbonyl (C=O) groups excluding carboxylic acids is 2. The van der Waals surface area contributed by atoms with E-state index in [0.29, 0.717) is 49.4 Å². The number of likely N-dealkylation sites (tertiary alicyclic amines) is 1. The van der Waals surface area contributed by atoms with E-state index in [1.165, 1.54) is 13.3 Å². The number of carbonyl (C=O) groups is 2. The lowest BCUT2D eigenvalue weighted by atomic mass is 9.72. The molecule has 40 heavy (non-hydrogen) atoms. The number of aromatic nitrogens is 2. The predicted octanol–water partition coefficient (Wildman–Crippen LogP) is 4.27. The number of rotatable bonds is 8. The van der Waals surface area contributed by atoms with Crippen molar-refractivity contribution in [2.75, 3.05) is 32.5 Å². The molecule has 11 heteroatoms. The van der Waals surface area contributed by atoms with Crippen LogP contribution in [0.3, 0.4) is 0 Å². The van der Waals surface area contributed by atoms with Gasteiger partial charge in [0.05, 0.1) is 12.7 Å². The maximum atomic E-state index is 13.4. The summed E-state index contributed by atoms with van der Waals surface area (Å²) in [4.78, 5) is 34.2. The number of alkyl carbamates (subject to hydrolysis) is 1. The van der Waals surface area contributed by atoms with Gasteiger partial charge in [-0.15, -0.1) is 0 Å². The number of nitrogens with one attached hydrogen (secondary N) is 1. The van der Waals surface area contributed by atoms with Crippen LogP contribution in [-0.4, -0.2) is 63.8 Å². The second-order valence-corrected chi connectivity index (χ2v) is 10.4. The number of ether oxygens (including phenoxy) is 1. The van der Waals surface area contributed by atoms with Gasteiger partial charge in [-0.25, -0.2) is 9.78 Å². The molecule has 1 fully saturated rings. The lowest BCUT2D eigenvalue weighted by Crippen LogP contribution is -2.48. The smallest absolute Gasteiger partial charge is 0.406 e. The zero-order valence-electron chi connectivity index (χ0n) is 22.6. The first kappa shape index (κ1) is 29.1. The van der Waals surface area contributed by atoms with Crippen molar-refractivity contribution in [3.63, 3.8) is 0 Å². The van der Waals surface area contributed by atoms with Gasteiger partial charge in [0, 0.05) is 42.3 Å². The summed E-state index contributed by atoms with van der Waals surface area (Å²) in [7, 11) is 1.29. The van der Waals surface area contributed by atoms with E-state index in [-0.39, 0.29) is 24.0 Å². The molecular formula is C29H34ClN5O5. The minimum Gasteiger partial charge on any atom is -0.493 e. The Balaban J connectivity index is 1.72. The number of nitrogens with two attached hydrogens (primary N) is 1. The van der Waals surface area contributed by atoms with Gasteiger partial charge in [0.1, 0.15) is 5.56 Å². The Bertz CT molecular complexity index is 1390. The number of nitrogens with zero attached hydrogens (tertiary/aromatic N) is 3. The van der Waals surface area contributed by atoms with Crippen molar-refractivity contribution in [1.29, 1.82) is 0 Å². The highest BCUT2D eigenvalue weighted by molar-refractivity contribution is 6.33. The summed E-state index contributed by atoms with van der Waals surface area (Å²) in [6, 6.07) is 13.4. The summed E-state index contributed by atoms with van der Waals surface area (Å²) in [5, 5.41) is 26.0. The fourth-order valence-electron chi connectivity index (χ4n) is 5.42. The number of anilines is 1.